The number of carboxylic acid groups (broad SMARTS) is 1. The van der Waals surface area contributed by atoms with Crippen LogP contribution in [0.4, 0.5) is 0 Å². The van der Waals surface area contributed by atoms with Gasteiger partial charge in [0, 0.05) is 6.04 Å². The number of ether oxygens (including phenoxy) is 1. The van der Waals surface area contributed by atoms with Gasteiger partial charge < -0.3 is 15.6 Å². The summed E-state index contributed by atoms with van der Waals surface area (Å²) in [7, 11) is 1.53. The van der Waals surface area contributed by atoms with E-state index in [1.165, 1.54) is 7.11 Å². The molecule has 0 spiro atoms. The van der Waals surface area contributed by atoms with Crippen molar-refractivity contribution in [2.24, 2.45) is 5.73 Å². The minimum Gasteiger partial charge on any atom is -0.495 e. The average Bonchev–Trinajstić information content (AvgIpc) is 2.27. The Morgan fingerprint density at radius 2 is 2.11 bits per heavy atom. The highest BCUT2D eigenvalue weighted by molar-refractivity contribution is 6.33. The van der Waals surface area contributed by atoms with Gasteiger partial charge in [-0.05, 0) is 23.1 Å². The van der Waals surface area contributed by atoms with Crippen LogP contribution in [0, 0.1) is 0 Å². The number of carboxylic acids is 1. The summed E-state index contributed by atoms with van der Waals surface area (Å²) in [5.74, 6) is -0.141. The van der Waals surface area contributed by atoms with Gasteiger partial charge in [-0.25, -0.2) is 0 Å². The Kier molecular flexibility index (Phi) is 4.99. The van der Waals surface area contributed by atoms with Gasteiger partial charge in [0.2, 0.25) is 0 Å². The molecule has 5 heteroatoms. The summed E-state index contributed by atoms with van der Waals surface area (Å²) in [5, 5.41) is 9.17. The topological polar surface area (TPSA) is 72.5 Å². The third kappa shape index (κ3) is 3.37. The van der Waals surface area contributed by atoms with Crippen LogP contribution in [-0.4, -0.2) is 18.2 Å². The molecule has 0 bridgehead atoms. The zero-order chi connectivity index (χ0) is 13.9. The van der Waals surface area contributed by atoms with Crippen molar-refractivity contribution in [1.29, 1.82) is 0 Å². The Bertz CT molecular complexity index is 446. The highest BCUT2D eigenvalue weighted by Crippen LogP contribution is 2.35. The van der Waals surface area contributed by atoms with E-state index < -0.39 is 12.0 Å². The van der Waals surface area contributed by atoms with Crippen molar-refractivity contribution in [3.8, 4) is 5.75 Å². The van der Waals surface area contributed by atoms with Gasteiger partial charge in [0.25, 0.3) is 0 Å². The minimum absolute atomic E-state index is 0.162. The Morgan fingerprint density at radius 3 is 2.56 bits per heavy atom. The Balaban J connectivity index is 3.23. The van der Waals surface area contributed by atoms with E-state index in [4.69, 9.17) is 27.2 Å². The van der Waals surface area contributed by atoms with Gasteiger partial charge in [0.05, 0.1) is 18.6 Å². The smallest absolute Gasteiger partial charge is 0.305 e. The first-order chi connectivity index (χ1) is 8.36. The van der Waals surface area contributed by atoms with Crippen LogP contribution in [0.1, 0.15) is 43.4 Å². The van der Waals surface area contributed by atoms with E-state index in [0.717, 1.165) is 5.56 Å². The van der Waals surface area contributed by atoms with E-state index in [0.29, 0.717) is 16.3 Å². The van der Waals surface area contributed by atoms with E-state index in [-0.39, 0.29) is 12.3 Å². The van der Waals surface area contributed by atoms with E-state index in [2.05, 4.69) is 0 Å². The molecule has 1 unspecified atom stereocenters. The fourth-order valence-electron chi connectivity index (χ4n) is 1.69. The van der Waals surface area contributed by atoms with Crippen molar-refractivity contribution < 1.29 is 14.6 Å². The third-order valence-electron chi connectivity index (χ3n) is 2.77. The summed E-state index contributed by atoms with van der Waals surface area (Å²) in [6.45, 7) is 4.07. The van der Waals surface area contributed by atoms with E-state index in [9.17, 15) is 4.79 Å². The molecule has 0 aromatic heterocycles. The van der Waals surface area contributed by atoms with Crippen molar-refractivity contribution in [3.05, 3.63) is 28.3 Å². The quantitative estimate of drug-likeness (QED) is 0.864. The average molecular weight is 272 g/mol. The zero-order valence-electron chi connectivity index (χ0n) is 10.7. The van der Waals surface area contributed by atoms with Crippen molar-refractivity contribution >= 4 is 17.6 Å². The van der Waals surface area contributed by atoms with Crippen LogP contribution < -0.4 is 10.5 Å². The van der Waals surface area contributed by atoms with Gasteiger partial charge in [0.15, 0.2) is 0 Å². The molecule has 0 heterocycles. The Morgan fingerprint density at radius 1 is 1.50 bits per heavy atom. The molecule has 18 heavy (non-hydrogen) atoms. The number of halogens is 1. The molecule has 0 aliphatic carbocycles. The normalized spacial score (nSPS) is 12.6. The molecule has 0 amide bonds. The number of aliphatic carboxylic acids is 1. The standard InChI is InChI=1S/C13H18ClNO3/c1-7(2)8-4-9(10(15)6-12(16)17)13(14)11(5-8)18-3/h4-5,7,10H,6,15H2,1-3H3,(H,16,17). The second kappa shape index (κ2) is 6.07. The minimum atomic E-state index is -0.951. The van der Waals surface area contributed by atoms with Crippen LogP contribution in [0.25, 0.3) is 0 Å². The second-order valence-corrected chi connectivity index (χ2v) is 4.86. The molecule has 100 valence electrons. The van der Waals surface area contributed by atoms with Gasteiger partial charge in [-0.15, -0.1) is 0 Å². The molecular formula is C13H18ClNO3. The summed E-state index contributed by atoms with van der Waals surface area (Å²) in [6.07, 6.45) is -0.162. The van der Waals surface area contributed by atoms with Crippen LogP contribution in [0.2, 0.25) is 5.02 Å². The molecule has 0 radical (unpaired) electrons. The Hall–Kier alpha value is -1.26. The van der Waals surface area contributed by atoms with Gasteiger partial charge in [0.1, 0.15) is 5.75 Å². The second-order valence-electron chi connectivity index (χ2n) is 4.49. The number of hydrogen-bond donors (Lipinski definition) is 2. The fourth-order valence-corrected chi connectivity index (χ4v) is 2.02. The molecular weight excluding hydrogens is 254 g/mol. The van der Waals surface area contributed by atoms with Crippen molar-refractivity contribution in [2.45, 2.75) is 32.2 Å². The van der Waals surface area contributed by atoms with Crippen molar-refractivity contribution in [3.63, 3.8) is 0 Å². The molecule has 1 aromatic rings. The molecule has 1 rings (SSSR count). The maximum absolute atomic E-state index is 10.7. The summed E-state index contributed by atoms with van der Waals surface area (Å²) in [5.41, 5.74) is 7.50. The first kappa shape index (κ1) is 14.8. The predicted molar refractivity (Wildman–Crippen MR) is 71.3 cm³/mol. The lowest BCUT2D eigenvalue weighted by atomic mass is 9.96. The van der Waals surface area contributed by atoms with Crippen LogP contribution >= 0.6 is 11.6 Å². The van der Waals surface area contributed by atoms with Gasteiger partial charge in [-0.1, -0.05) is 31.5 Å². The molecule has 1 atom stereocenters. The monoisotopic (exact) mass is 271 g/mol. The fraction of sp³-hybridized carbons (Fsp3) is 0.462. The number of methoxy groups -OCH3 is 1. The van der Waals surface area contributed by atoms with Gasteiger partial charge >= 0.3 is 5.97 Å². The molecule has 0 saturated heterocycles. The molecule has 1 aromatic carbocycles. The lowest BCUT2D eigenvalue weighted by molar-refractivity contribution is -0.137. The van der Waals surface area contributed by atoms with Crippen molar-refractivity contribution in [2.75, 3.05) is 7.11 Å². The summed E-state index contributed by atoms with van der Waals surface area (Å²) in [6, 6.07) is 3.07. The molecule has 3 N–H and O–H groups in total. The van der Waals surface area contributed by atoms with Gasteiger partial charge in [-0.3, -0.25) is 4.79 Å². The highest BCUT2D eigenvalue weighted by atomic mass is 35.5. The summed E-state index contributed by atoms with van der Waals surface area (Å²) < 4.78 is 5.20. The summed E-state index contributed by atoms with van der Waals surface area (Å²) >= 11 is 6.17. The molecule has 0 saturated carbocycles. The van der Waals surface area contributed by atoms with Crippen molar-refractivity contribution in [1.82, 2.24) is 0 Å². The predicted octanol–water partition coefficient (Wildman–Crippen LogP) is 2.95. The van der Waals surface area contributed by atoms with E-state index in [1.54, 1.807) is 0 Å². The summed E-state index contributed by atoms with van der Waals surface area (Å²) in [4.78, 5) is 10.7. The number of rotatable bonds is 5. The number of carbonyl (C=O) groups is 1. The Labute approximate surface area is 112 Å². The van der Waals surface area contributed by atoms with Crippen LogP contribution in [0.3, 0.4) is 0 Å². The van der Waals surface area contributed by atoms with Crippen LogP contribution in [0.5, 0.6) is 5.75 Å². The maximum atomic E-state index is 10.7. The van der Waals surface area contributed by atoms with Crippen LogP contribution in [0.15, 0.2) is 12.1 Å². The first-order valence-electron chi connectivity index (χ1n) is 5.71. The van der Waals surface area contributed by atoms with Crippen LogP contribution in [-0.2, 0) is 4.79 Å². The largest absolute Gasteiger partial charge is 0.495 e. The SMILES string of the molecule is COc1cc(C(C)C)cc(C(N)CC(=O)O)c1Cl. The van der Waals surface area contributed by atoms with Gasteiger partial charge in [-0.2, -0.15) is 0 Å². The van der Waals surface area contributed by atoms with E-state index in [1.807, 2.05) is 26.0 Å². The number of benzene rings is 1. The number of nitrogens with two attached hydrogens (primary N) is 1. The maximum Gasteiger partial charge on any atom is 0.305 e. The van der Waals surface area contributed by atoms with E-state index >= 15 is 0 Å². The highest BCUT2D eigenvalue weighted by Gasteiger charge is 2.18. The molecule has 0 fully saturated rings. The lowest BCUT2D eigenvalue weighted by Crippen LogP contribution is -2.16. The first-order valence-corrected chi connectivity index (χ1v) is 6.09. The molecule has 0 aliphatic heterocycles. The molecule has 4 nitrogen and oxygen atoms in total. The molecule has 0 aliphatic rings. The third-order valence-corrected chi connectivity index (χ3v) is 3.17. The lowest BCUT2D eigenvalue weighted by Gasteiger charge is -2.17. The zero-order valence-corrected chi connectivity index (χ0v) is 11.5. The number of hydrogen-bond acceptors (Lipinski definition) is 3.